The van der Waals surface area contributed by atoms with Gasteiger partial charge >= 0.3 is 0 Å². The van der Waals surface area contributed by atoms with Gasteiger partial charge in [0, 0.05) is 23.2 Å². The van der Waals surface area contributed by atoms with Crippen LogP contribution in [0.2, 0.25) is 0 Å². The number of aryl methyl sites for hydroxylation is 2. The number of ether oxygens (including phenoxy) is 1. The van der Waals surface area contributed by atoms with Crippen LogP contribution in [0.3, 0.4) is 0 Å². The summed E-state index contributed by atoms with van der Waals surface area (Å²) in [7, 11) is 1.59. The molecule has 1 aromatic heterocycles. The molecule has 152 valence electrons. The molecule has 2 fully saturated rings. The van der Waals surface area contributed by atoms with Crippen molar-refractivity contribution in [3.05, 3.63) is 58.8 Å². The third-order valence-corrected chi connectivity index (χ3v) is 7.24. The second kappa shape index (κ2) is 7.13. The number of methoxy groups -OCH3 is 1. The largest absolute Gasteiger partial charge is 0.480 e. The molecule has 2 aromatic rings. The molecule has 1 aliphatic carbocycles. The molecule has 2 saturated heterocycles. The maximum Gasteiger partial charge on any atom is 0.259 e. The topological polar surface area (TPSA) is 62.7 Å². The number of carbonyl (C=O) groups is 1. The van der Waals surface area contributed by atoms with Crippen molar-refractivity contribution in [2.75, 3.05) is 13.7 Å². The summed E-state index contributed by atoms with van der Waals surface area (Å²) in [5, 5.41) is 10.4. The van der Waals surface area contributed by atoms with Gasteiger partial charge in [-0.05, 0) is 62.1 Å². The second-order valence-electron chi connectivity index (χ2n) is 8.85. The summed E-state index contributed by atoms with van der Waals surface area (Å²) in [5.41, 5.74) is 3.78. The summed E-state index contributed by atoms with van der Waals surface area (Å²) in [6.45, 7) is 0.104. The zero-order valence-corrected chi connectivity index (χ0v) is 16.9. The van der Waals surface area contributed by atoms with Crippen LogP contribution in [0.1, 0.15) is 52.9 Å². The molecule has 5 rings (SSSR count). The van der Waals surface area contributed by atoms with E-state index in [1.54, 1.807) is 7.11 Å². The Labute approximate surface area is 171 Å². The lowest BCUT2D eigenvalue weighted by atomic mass is 9.70. The first-order chi connectivity index (χ1) is 14.1. The van der Waals surface area contributed by atoms with Gasteiger partial charge < -0.3 is 14.7 Å². The van der Waals surface area contributed by atoms with Gasteiger partial charge in [0.25, 0.3) is 5.91 Å². The van der Waals surface area contributed by atoms with Gasteiger partial charge in [0.1, 0.15) is 5.56 Å². The van der Waals surface area contributed by atoms with Crippen LogP contribution >= 0.6 is 0 Å². The molecular weight excluding hydrogens is 364 g/mol. The quantitative estimate of drug-likeness (QED) is 0.849. The van der Waals surface area contributed by atoms with Gasteiger partial charge in [0.15, 0.2) is 0 Å². The number of nitrogens with zero attached hydrogens (tertiary/aromatic N) is 2. The van der Waals surface area contributed by atoms with Gasteiger partial charge in [-0.2, -0.15) is 0 Å². The fourth-order valence-electron chi connectivity index (χ4n) is 5.92. The average Bonchev–Trinajstić information content (AvgIpc) is 3.46. The van der Waals surface area contributed by atoms with Gasteiger partial charge in [0.2, 0.25) is 5.88 Å². The summed E-state index contributed by atoms with van der Waals surface area (Å²) in [6, 6.07) is 12.6. The Balaban J connectivity index is 1.47. The summed E-state index contributed by atoms with van der Waals surface area (Å²) < 4.78 is 5.51. The highest BCUT2D eigenvalue weighted by Crippen LogP contribution is 2.52. The Morgan fingerprint density at radius 1 is 1.28 bits per heavy atom. The summed E-state index contributed by atoms with van der Waals surface area (Å²) >= 11 is 0. The lowest BCUT2D eigenvalue weighted by molar-refractivity contribution is 0.0568. The molecule has 0 spiro atoms. The van der Waals surface area contributed by atoms with E-state index < -0.39 is 0 Å². The Kier molecular flexibility index (Phi) is 4.58. The normalized spacial score (nSPS) is 27.3. The van der Waals surface area contributed by atoms with Crippen LogP contribution in [0.15, 0.2) is 36.4 Å². The van der Waals surface area contributed by atoms with Crippen molar-refractivity contribution in [1.82, 2.24) is 9.88 Å². The maximum atomic E-state index is 13.7. The first-order valence-electron chi connectivity index (χ1n) is 10.7. The van der Waals surface area contributed by atoms with Crippen LogP contribution in [0, 0.1) is 5.41 Å². The molecule has 5 heteroatoms. The Morgan fingerprint density at radius 3 is 2.86 bits per heavy atom. The molecule has 1 aromatic carbocycles. The number of benzene rings is 1. The van der Waals surface area contributed by atoms with Crippen molar-refractivity contribution in [2.24, 2.45) is 5.41 Å². The number of aromatic nitrogens is 1. The van der Waals surface area contributed by atoms with E-state index in [0.717, 1.165) is 50.6 Å². The van der Waals surface area contributed by atoms with Crippen molar-refractivity contribution >= 4 is 5.91 Å². The van der Waals surface area contributed by atoms with Crippen molar-refractivity contribution in [3.8, 4) is 5.88 Å². The highest BCUT2D eigenvalue weighted by atomic mass is 16.5. The lowest BCUT2D eigenvalue weighted by Crippen LogP contribution is -2.44. The van der Waals surface area contributed by atoms with E-state index in [0.29, 0.717) is 11.4 Å². The predicted molar refractivity (Wildman–Crippen MR) is 110 cm³/mol. The molecule has 0 radical (unpaired) electrons. The number of aliphatic hydroxyl groups excluding tert-OH is 1. The Hall–Kier alpha value is -2.40. The minimum atomic E-state index is -0.267. The van der Waals surface area contributed by atoms with E-state index in [1.807, 2.05) is 29.2 Å². The molecule has 29 heavy (non-hydrogen) atoms. The summed E-state index contributed by atoms with van der Waals surface area (Å²) in [4.78, 5) is 20.3. The number of carbonyl (C=O) groups excluding carboxylic acids is 1. The zero-order chi connectivity index (χ0) is 20.0. The molecule has 0 saturated carbocycles. The van der Waals surface area contributed by atoms with Gasteiger partial charge in [-0.1, -0.05) is 30.3 Å². The fourth-order valence-corrected chi connectivity index (χ4v) is 5.92. The number of aliphatic hydroxyl groups is 1. The standard InChI is InChI=1S/C24H28N2O3/c1-29-22-19(12-17-8-5-9-20(17)25-22)23(28)26-18-10-11-21(26)24(14-18,15-27)13-16-6-3-2-4-7-16/h2-4,6-7,12,18,21,27H,5,8-11,13-15H2,1H3/t18-,21+,24-/m0/s1. The number of amides is 1. The monoisotopic (exact) mass is 392 g/mol. The van der Waals surface area contributed by atoms with E-state index in [2.05, 4.69) is 17.1 Å². The highest BCUT2D eigenvalue weighted by molar-refractivity contribution is 5.97. The molecule has 0 unspecified atom stereocenters. The maximum absolute atomic E-state index is 13.7. The molecule has 3 aliphatic rings. The number of pyridine rings is 1. The predicted octanol–water partition coefficient (Wildman–Crippen LogP) is 3.18. The molecule has 1 amide bonds. The minimum Gasteiger partial charge on any atom is -0.480 e. The molecule has 2 bridgehead atoms. The van der Waals surface area contributed by atoms with E-state index in [1.165, 1.54) is 11.1 Å². The Bertz CT molecular complexity index is 929. The number of fused-ring (bicyclic) bond motifs is 3. The summed E-state index contributed by atoms with van der Waals surface area (Å²) in [6.07, 6.45) is 6.64. The van der Waals surface area contributed by atoms with Crippen LogP contribution in [0.4, 0.5) is 0 Å². The van der Waals surface area contributed by atoms with Crippen LogP contribution in [-0.4, -0.2) is 46.7 Å². The molecule has 2 aliphatic heterocycles. The van der Waals surface area contributed by atoms with E-state index >= 15 is 0 Å². The van der Waals surface area contributed by atoms with Crippen LogP contribution < -0.4 is 4.74 Å². The van der Waals surface area contributed by atoms with E-state index in [-0.39, 0.29) is 30.0 Å². The van der Waals surface area contributed by atoms with Gasteiger partial charge in [-0.3, -0.25) is 4.79 Å². The fraction of sp³-hybridized carbons (Fsp3) is 0.500. The zero-order valence-electron chi connectivity index (χ0n) is 16.9. The van der Waals surface area contributed by atoms with Gasteiger partial charge in [-0.15, -0.1) is 0 Å². The van der Waals surface area contributed by atoms with Crippen LogP contribution in [0.5, 0.6) is 5.88 Å². The first kappa shape index (κ1) is 18.6. The van der Waals surface area contributed by atoms with Crippen LogP contribution in [0.25, 0.3) is 0 Å². The number of hydrogen-bond acceptors (Lipinski definition) is 4. The summed E-state index contributed by atoms with van der Waals surface area (Å²) in [5.74, 6) is 0.458. The SMILES string of the molecule is COc1nc2c(cc1C(=O)N1[C@H]3CC[C@@H]1[C@@](CO)(Cc1ccccc1)C3)CCC2. The second-order valence-corrected chi connectivity index (χ2v) is 8.85. The van der Waals surface area contributed by atoms with Gasteiger partial charge in [-0.25, -0.2) is 4.98 Å². The molecule has 1 N–H and O–H groups in total. The van der Waals surface area contributed by atoms with Crippen molar-refractivity contribution < 1.29 is 14.6 Å². The Morgan fingerprint density at radius 2 is 2.10 bits per heavy atom. The van der Waals surface area contributed by atoms with E-state index in [4.69, 9.17) is 4.74 Å². The van der Waals surface area contributed by atoms with Crippen molar-refractivity contribution in [2.45, 2.75) is 57.0 Å². The molecule has 3 heterocycles. The first-order valence-corrected chi connectivity index (χ1v) is 10.7. The smallest absolute Gasteiger partial charge is 0.259 e. The number of rotatable bonds is 5. The molecule has 3 atom stereocenters. The number of hydrogen-bond donors (Lipinski definition) is 1. The molecular formula is C24H28N2O3. The third kappa shape index (κ3) is 2.94. The van der Waals surface area contributed by atoms with Gasteiger partial charge in [0.05, 0.1) is 13.7 Å². The third-order valence-electron chi connectivity index (χ3n) is 7.24. The van der Waals surface area contributed by atoms with Crippen molar-refractivity contribution in [3.63, 3.8) is 0 Å². The molecule has 5 nitrogen and oxygen atoms in total. The van der Waals surface area contributed by atoms with Crippen molar-refractivity contribution in [1.29, 1.82) is 0 Å². The minimum absolute atomic E-state index is 0.0138. The van der Waals surface area contributed by atoms with E-state index in [9.17, 15) is 9.90 Å². The lowest BCUT2D eigenvalue weighted by Gasteiger charge is -2.36. The van der Waals surface area contributed by atoms with Crippen LogP contribution in [-0.2, 0) is 19.3 Å². The highest BCUT2D eigenvalue weighted by Gasteiger charge is 2.57. The average molecular weight is 392 g/mol.